The molecule has 0 spiro atoms. The molecule has 0 aliphatic heterocycles. The smallest absolute Gasteiger partial charge is 0.0443 e. The molecule has 0 amide bonds. The molecule has 0 aliphatic carbocycles. The maximum atomic E-state index is 3.71. The number of halogens is 1. The van der Waals surface area contributed by atoms with Gasteiger partial charge >= 0.3 is 0 Å². The average molecular weight is 267 g/mol. The van der Waals surface area contributed by atoms with Crippen LogP contribution in [-0.4, -0.2) is 0 Å². The molecule has 1 aromatic carbocycles. The van der Waals surface area contributed by atoms with E-state index >= 15 is 0 Å². The predicted octanol–water partition coefficient (Wildman–Crippen LogP) is 4.43. The topological polar surface area (TPSA) is 0 Å². The average Bonchev–Trinajstić information content (AvgIpc) is 2.72. The summed E-state index contributed by atoms with van der Waals surface area (Å²) in [6.07, 6.45) is 1.05. The molecular formula is C12H11BrS. The van der Waals surface area contributed by atoms with Gasteiger partial charge in [0.25, 0.3) is 0 Å². The highest BCUT2D eigenvalue weighted by Gasteiger charge is 2.07. The fraction of sp³-hybridized carbons (Fsp3) is 0.167. The van der Waals surface area contributed by atoms with Crippen molar-refractivity contribution in [3.8, 4) is 0 Å². The molecule has 1 unspecified atom stereocenters. The molecule has 0 N–H and O–H groups in total. The van der Waals surface area contributed by atoms with Crippen LogP contribution < -0.4 is 0 Å². The van der Waals surface area contributed by atoms with E-state index in [0.717, 1.165) is 6.42 Å². The van der Waals surface area contributed by atoms with Crippen molar-refractivity contribution in [3.05, 3.63) is 58.3 Å². The summed E-state index contributed by atoms with van der Waals surface area (Å²) < 4.78 is 0. The normalized spacial score (nSPS) is 12.6. The second kappa shape index (κ2) is 4.76. The summed E-state index contributed by atoms with van der Waals surface area (Å²) in [5.74, 6) is 0. The molecule has 1 heterocycles. The van der Waals surface area contributed by atoms with E-state index in [1.165, 1.54) is 11.1 Å². The van der Waals surface area contributed by atoms with Crippen molar-refractivity contribution in [2.75, 3.05) is 0 Å². The summed E-state index contributed by atoms with van der Waals surface area (Å²) in [5.41, 5.74) is 2.75. The third kappa shape index (κ3) is 2.46. The van der Waals surface area contributed by atoms with Gasteiger partial charge in [-0.1, -0.05) is 46.3 Å². The van der Waals surface area contributed by atoms with E-state index in [0.29, 0.717) is 4.83 Å². The van der Waals surface area contributed by atoms with Crippen LogP contribution in [0.1, 0.15) is 16.0 Å². The second-order valence-corrected chi connectivity index (χ2v) is 5.10. The molecule has 0 fully saturated rings. The molecule has 2 heteroatoms. The van der Waals surface area contributed by atoms with Gasteiger partial charge in [-0.3, -0.25) is 0 Å². The van der Waals surface area contributed by atoms with Crippen LogP contribution in [0.4, 0.5) is 0 Å². The number of rotatable bonds is 3. The molecule has 2 aromatic rings. The first-order valence-electron chi connectivity index (χ1n) is 4.56. The lowest BCUT2D eigenvalue weighted by Crippen LogP contribution is -1.92. The Morgan fingerprint density at radius 2 is 1.93 bits per heavy atom. The van der Waals surface area contributed by atoms with Crippen LogP contribution >= 0.6 is 27.3 Å². The zero-order valence-electron chi connectivity index (χ0n) is 7.69. The summed E-state index contributed by atoms with van der Waals surface area (Å²) in [6.45, 7) is 0. The molecule has 0 bridgehead atoms. The Labute approximate surface area is 96.7 Å². The van der Waals surface area contributed by atoms with Crippen LogP contribution in [0.15, 0.2) is 47.2 Å². The lowest BCUT2D eigenvalue weighted by Gasteiger charge is -2.07. The number of benzene rings is 1. The van der Waals surface area contributed by atoms with Gasteiger partial charge in [-0.15, -0.1) is 0 Å². The molecule has 0 radical (unpaired) electrons. The Balaban J connectivity index is 2.06. The molecule has 0 aliphatic rings. The Bertz CT molecular complexity index is 366. The van der Waals surface area contributed by atoms with Gasteiger partial charge in [-0.25, -0.2) is 0 Å². The van der Waals surface area contributed by atoms with E-state index in [1.54, 1.807) is 11.3 Å². The monoisotopic (exact) mass is 266 g/mol. The van der Waals surface area contributed by atoms with Gasteiger partial charge in [0.05, 0.1) is 0 Å². The van der Waals surface area contributed by atoms with E-state index in [4.69, 9.17) is 0 Å². The zero-order valence-corrected chi connectivity index (χ0v) is 10.1. The molecule has 72 valence electrons. The Hall–Kier alpha value is -0.600. The van der Waals surface area contributed by atoms with Gasteiger partial charge in [0.1, 0.15) is 0 Å². The van der Waals surface area contributed by atoms with Gasteiger partial charge < -0.3 is 0 Å². The summed E-state index contributed by atoms with van der Waals surface area (Å²) >= 11 is 5.46. The fourth-order valence-electron chi connectivity index (χ4n) is 1.39. The fourth-order valence-corrected chi connectivity index (χ4v) is 2.94. The van der Waals surface area contributed by atoms with Crippen molar-refractivity contribution in [3.63, 3.8) is 0 Å². The molecule has 1 atom stereocenters. The van der Waals surface area contributed by atoms with Gasteiger partial charge in [-0.2, -0.15) is 11.3 Å². The second-order valence-electron chi connectivity index (χ2n) is 3.21. The van der Waals surface area contributed by atoms with Crippen LogP contribution in [0.2, 0.25) is 0 Å². The van der Waals surface area contributed by atoms with E-state index < -0.39 is 0 Å². The maximum absolute atomic E-state index is 3.71. The van der Waals surface area contributed by atoms with E-state index in [2.05, 4.69) is 63.1 Å². The largest absolute Gasteiger partial charge is 0.152 e. The number of hydrogen-bond acceptors (Lipinski definition) is 1. The lowest BCUT2D eigenvalue weighted by atomic mass is 10.1. The van der Waals surface area contributed by atoms with E-state index in [-0.39, 0.29) is 0 Å². The standard InChI is InChI=1S/C12H11BrS/c13-12(11-6-7-14-9-11)8-10-4-2-1-3-5-10/h1-7,9,12H,8H2. The molecule has 0 saturated heterocycles. The van der Waals surface area contributed by atoms with Crippen LogP contribution in [0, 0.1) is 0 Å². The van der Waals surface area contributed by atoms with Crippen LogP contribution in [0.3, 0.4) is 0 Å². The van der Waals surface area contributed by atoms with E-state index in [9.17, 15) is 0 Å². The van der Waals surface area contributed by atoms with Gasteiger partial charge in [0.2, 0.25) is 0 Å². The van der Waals surface area contributed by atoms with Crippen molar-refractivity contribution >= 4 is 27.3 Å². The number of thiophene rings is 1. The Kier molecular flexibility index (Phi) is 3.38. The lowest BCUT2D eigenvalue weighted by molar-refractivity contribution is 0.955. The van der Waals surface area contributed by atoms with Crippen molar-refractivity contribution in [1.29, 1.82) is 0 Å². The number of hydrogen-bond donors (Lipinski definition) is 0. The van der Waals surface area contributed by atoms with Gasteiger partial charge in [-0.05, 0) is 34.4 Å². The highest BCUT2D eigenvalue weighted by atomic mass is 79.9. The third-order valence-corrected chi connectivity index (χ3v) is 3.72. The molecule has 0 saturated carbocycles. The first-order valence-corrected chi connectivity index (χ1v) is 6.42. The summed E-state index contributed by atoms with van der Waals surface area (Å²) in [4.78, 5) is 0.441. The van der Waals surface area contributed by atoms with E-state index in [1.807, 2.05) is 0 Å². The first-order chi connectivity index (χ1) is 6.86. The maximum Gasteiger partial charge on any atom is 0.0443 e. The molecule has 14 heavy (non-hydrogen) atoms. The van der Waals surface area contributed by atoms with Gasteiger partial charge in [0, 0.05) is 4.83 Å². The quantitative estimate of drug-likeness (QED) is 0.722. The Morgan fingerprint density at radius 3 is 2.57 bits per heavy atom. The van der Waals surface area contributed by atoms with Gasteiger partial charge in [0.15, 0.2) is 0 Å². The summed E-state index contributed by atoms with van der Waals surface area (Å²) in [7, 11) is 0. The van der Waals surface area contributed by atoms with Crippen LogP contribution in [-0.2, 0) is 6.42 Å². The molecule has 2 rings (SSSR count). The zero-order chi connectivity index (χ0) is 9.80. The summed E-state index contributed by atoms with van der Waals surface area (Å²) in [5, 5.41) is 4.32. The van der Waals surface area contributed by atoms with Crippen molar-refractivity contribution in [2.45, 2.75) is 11.2 Å². The molecule has 1 aromatic heterocycles. The van der Waals surface area contributed by atoms with Crippen molar-refractivity contribution < 1.29 is 0 Å². The minimum atomic E-state index is 0.441. The highest BCUT2D eigenvalue weighted by molar-refractivity contribution is 9.09. The van der Waals surface area contributed by atoms with Crippen LogP contribution in [0.25, 0.3) is 0 Å². The molecule has 0 nitrogen and oxygen atoms in total. The van der Waals surface area contributed by atoms with Crippen molar-refractivity contribution in [1.82, 2.24) is 0 Å². The summed E-state index contributed by atoms with van der Waals surface area (Å²) in [6, 6.07) is 12.7. The van der Waals surface area contributed by atoms with Crippen LogP contribution in [0.5, 0.6) is 0 Å². The first kappa shape index (κ1) is 9.94. The predicted molar refractivity (Wildman–Crippen MR) is 66.1 cm³/mol. The third-order valence-electron chi connectivity index (χ3n) is 2.16. The van der Waals surface area contributed by atoms with Crippen molar-refractivity contribution in [2.24, 2.45) is 0 Å². The number of alkyl halides is 1. The Morgan fingerprint density at radius 1 is 1.14 bits per heavy atom. The SMILES string of the molecule is BrC(Cc1ccccc1)c1ccsc1. The minimum Gasteiger partial charge on any atom is -0.152 e. The highest BCUT2D eigenvalue weighted by Crippen LogP contribution is 2.28. The molecular weight excluding hydrogens is 256 g/mol. The minimum absolute atomic E-state index is 0.441.